The van der Waals surface area contributed by atoms with Crippen molar-refractivity contribution in [3.05, 3.63) is 129 Å². The first-order chi connectivity index (χ1) is 20.0. The Morgan fingerprint density at radius 3 is 1.68 bits per heavy atom. The molecule has 210 valence electrons. The van der Waals surface area contributed by atoms with Crippen molar-refractivity contribution in [1.82, 2.24) is 38.3 Å². The van der Waals surface area contributed by atoms with Gasteiger partial charge in [-0.1, -0.05) is 62.4 Å². The minimum atomic E-state index is -0.322. The summed E-state index contributed by atoms with van der Waals surface area (Å²) in [7, 11) is 0. The molecular weight excluding hydrogens is 523 g/mol. The van der Waals surface area contributed by atoms with E-state index < -0.39 is 0 Å². The average molecular weight is 555 g/mol. The summed E-state index contributed by atoms with van der Waals surface area (Å²) in [5.74, 6) is 1.28. The topological polar surface area (TPSA) is 104 Å². The van der Waals surface area contributed by atoms with Crippen LogP contribution in [0.25, 0.3) is 11.3 Å². The van der Waals surface area contributed by atoms with Gasteiger partial charge in [-0.2, -0.15) is 0 Å². The molecule has 0 spiro atoms. The van der Waals surface area contributed by atoms with E-state index in [4.69, 9.17) is 0 Å². The normalized spacial score (nSPS) is 11.1. The van der Waals surface area contributed by atoms with Crippen LogP contribution < -0.4 is 11.1 Å². The third-order valence-corrected chi connectivity index (χ3v) is 6.67. The van der Waals surface area contributed by atoms with E-state index in [2.05, 4.69) is 27.3 Å². The lowest BCUT2D eigenvalue weighted by molar-refractivity contribution is 0.595. The summed E-state index contributed by atoms with van der Waals surface area (Å²) in [5, 5.41) is 16.1. The second-order valence-electron chi connectivity index (χ2n) is 9.66. The van der Waals surface area contributed by atoms with Crippen LogP contribution in [0.4, 0.5) is 4.39 Å². The fraction of sp³-hybridized carbons (Fsp3) is 0.267. The van der Waals surface area contributed by atoms with Gasteiger partial charge in [0.1, 0.15) is 17.5 Å². The second-order valence-corrected chi connectivity index (χ2v) is 9.66. The largest absolute Gasteiger partial charge is 0.306 e. The summed E-state index contributed by atoms with van der Waals surface area (Å²) in [6.07, 6.45) is 10.6. The summed E-state index contributed by atoms with van der Waals surface area (Å²) in [6.45, 7) is 4.85. The van der Waals surface area contributed by atoms with Crippen LogP contribution in [0.3, 0.4) is 0 Å². The molecule has 0 fully saturated rings. The molecule has 41 heavy (non-hydrogen) atoms. The number of aromatic nitrogens is 8. The molecule has 6 rings (SSSR count). The van der Waals surface area contributed by atoms with Crippen molar-refractivity contribution in [1.29, 1.82) is 0 Å². The monoisotopic (exact) mass is 554 g/mol. The van der Waals surface area contributed by atoms with Crippen LogP contribution in [0.15, 0.2) is 89.0 Å². The molecule has 0 aliphatic heterocycles. The van der Waals surface area contributed by atoms with Gasteiger partial charge >= 0.3 is 0 Å². The summed E-state index contributed by atoms with van der Waals surface area (Å²) < 4.78 is 20.3. The molecule has 0 amide bonds. The molecule has 2 aromatic carbocycles. The van der Waals surface area contributed by atoms with Crippen molar-refractivity contribution in [3.63, 3.8) is 0 Å². The zero-order valence-corrected chi connectivity index (χ0v) is 23.0. The third-order valence-electron chi connectivity index (χ3n) is 6.67. The molecule has 0 radical (unpaired) electrons. The Kier molecular flexibility index (Phi) is 8.42. The van der Waals surface area contributed by atoms with Gasteiger partial charge in [-0.25, -0.2) is 4.39 Å². The molecule has 0 aliphatic carbocycles. The van der Waals surface area contributed by atoms with Gasteiger partial charge in [0.15, 0.2) is 0 Å². The number of halogens is 1. The Morgan fingerprint density at radius 1 is 0.634 bits per heavy atom. The van der Waals surface area contributed by atoms with Crippen LogP contribution in [-0.2, 0) is 25.9 Å². The van der Waals surface area contributed by atoms with E-state index in [0.717, 1.165) is 42.9 Å². The highest BCUT2D eigenvalue weighted by atomic mass is 19.1. The number of aryl methyl sites for hydroxylation is 2. The Balaban J connectivity index is 0.000000165. The van der Waals surface area contributed by atoms with Gasteiger partial charge in [0.25, 0.3) is 11.1 Å². The minimum absolute atomic E-state index is 0.105. The van der Waals surface area contributed by atoms with Gasteiger partial charge < -0.3 is 9.13 Å². The zero-order valence-electron chi connectivity index (χ0n) is 23.0. The first kappa shape index (κ1) is 27.6. The highest BCUT2D eigenvalue weighted by Crippen LogP contribution is 2.09. The fourth-order valence-electron chi connectivity index (χ4n) is 4.57. The van der Waals surface area contributed by atoms with Crippen molar-refractivity contribution in [3.8, 4) is 0 Å². The molecular formula is C30H31FN8O2. The smallest absolute Gasteiger partial charge is 0.296 e. The van der Waals surface area contributed by atoms with Gasteiger partial charge in [-0.3, -0.25) is 18.4 Å². The van der Waals surface area contributed by atoms with Crippen molar-refractivity contribution in [2.24, 2.45) is 0 Å². The number of nitrogens with zero attached hydrogens (tertiary/aromatic N) is 8. The van der Waals surface area contributed by atoms with Gasteiger partial charge in [0.2, 0.25) is 11.3 Å². The maximum atomic E-state index is 13.7. The van der Waals surface area contributed by atoms with Crippen molar-refractivity contribution < 1.29 is 4.39 Å². The lowest BCUT2D eigenvalue weighted by atomic mass is 10.2. The van der Waals surface area contributed by atoms with Crippen molar-refractivity contribution in [2.75, 3.05) is 0 Å². The van der Waals surface area contributed by atoms with Crippen LogP contribution in [0.2, 0.25) is 0 Å². The molecule has 4 heterocycles. The first-order valence-corrected chi connectivity index (χ1v) is 13.6. The molecule has 0 N–H and O–H groups in total. The second kappa shape index (κ2) is 12.5. The molecule has 6 aromatic rings. The maximum absolute atomic E-state index is 13.7. The summed E-state index contributed by atoms with van der Waals surface area (Å²) in [5.41, 5.74) is 1.86. The van der Waals surface area contributed by atoms with Gasteiger partial charge in [0.05, 0.1) is 13.1 Å². The standard InChI is InChI=1S/C15H15FN4O.C15H16N4O/c1-2-5-13-17-18-14-15(21)19(8-9-20(13)14)10-11-6-3-4-7-12(11)16;1-2-6-13-16-17-14-15(20)18(9-10-19(13)14)11-12-7-4-3-5-8-12/h3-4,6-9H,2,5,10H2,1H3;3-5,7-10H,2,6,11H2,1H3. The fourth-order valence-corrected chi connectivity index (χ4v) is 4.57. The average Bonchev–Trinajstić information content (AvgIpc) is 3.59. The predicted octanol–water partition coefficient (Wildman–Crippen LogP) is 3.92. The number of hydrogen-bond donors (Lipinski definition) is 0. The van der Waals surface area contributed by atoms with E-state index in [1.165, 1.54) is 10.6 Å². The third kappa shape index (κ3) is 5.98. The SMILES string of the molecule is CCCc1nnc2c(=O)n(Cc3ccccc3)ccn12.CCCc1nnc2c(=O)n(Cc3ccccc3F)ccn12. The van der Waals surface area contributed by atoms with Crippen LogP contribution in [0, 0.1) is 5.82 Å². The van der Waals surface area contributed by atoms with Gasteiger partial charge in [0, 0.05) is 43.2 Å². The van der Waals surface area contributed by atoms with Crippen LogP contribution in [-0.4, -0.2) is 38.3 Å². The van der Waals surface area contributed by atoms with Crippen molar-refractivity contribution >= 4 is 11.3 Å². The maximum Gasteiger partial charge on any atom is 0.296 e. The Bertz CT molecular complexity index is 1890. The van der Waals surface area contributed by atoms with E-state index in [9.17, 15) is 14.0 Å². The van der Waals surface area contributed by atoms with Crippen LogP contribution >= 0.6 is 0 Å². The molecule has 11 heteroatoms. The summed E-state index contributed by atoms with van der Waals surface area (Å²) in [4.78, 5) is 24.8. The van der Waals surface area contributed by atoms with Crippen molar-refractivity contribution in [2.45, 2.75) is 52.6 Å². The van der Waals surface area contributed by atoms with Gasteiger partial charge in [-0.15, -0.1) is 20.4 Å². The highest BCUT2D eigenvalue weighted by molar-refractivity contribution is 5.36. The lowest BCUT2D eigenvalue weighted by Gasteiger charge is -2.07. The minimum Gasteiger partial charge on any atom is -0.306 e. The zero-order chi connectivity index (χ0) is 28.8. The molecule has 0 aliphatic rings. The number of benzene rings is 2. The molecule has 4 aromatic heterocycles. The number of rotatable bonds is 8. The Hall–Kier alpha value is -4.93. The Morgan fingerprint density at radius 2 is 1.15 bits per heavy atom. The quantitative estimate of drug-likeness (QED) is 0.283. The van der Waals surface area contributed by atoms with E-state index >= 15 is 0 Å². The number of hydrogen-bond acceptors (Lipinski definition) is 6. The summed E-state index contributed by atoms with van der Waals surface area (Å²) >= 11 is 0. The van der Waals surface area contributed by atoms with E-state index in [-0.39, 0.29) is 29.1 Å². The van der Waals surface area contributed by atoms with Crippen LogP contribution in [0.5, 0.6) is 0 Å². The molecule has 10 nitrogen and oxygen atoms in total. The Labute approximate surface area is 235 Å². The molecule has 0 atom stereocenters. The van der Waals surface area contributed by atoms with E-state index in [1.54, 1.807) is 50.2 Å². The van der Waals surface area contributed by atoms with E-state index in [0.29, 0.717) is 17.8 Å². The van der Waals surface area contributed by atoms with Crippen LogP contribution in [0.1, 0.15) is 49.5 Å². The highest BCUT2D eigenvalue weighted by Gasteiger charge is 2.12. The van der Waals surface area contributed by atoms with E-state index in [1.807, 2.05) is 43.5 Å². The van der Waals surface area contributed by atoms with Gasteiger partial charge in [-0.05, 0) is 24.5 Å². The molecule has 0 saturated heterocycles. The summed E-state index contributed by atoms with van der Waals surface area (Å²) in [6, 6.07) is 16.3. The molecule has 0 bridgehead atoms. The number of fused-ring (bicyclic) bond motifs is 2. The molecule has 0 unspecified atom stereocenters. The molecule has 0 saturated carbocycles. The lowest BCUT2D eigenvalue weighted by Crippen LogP contribution is -2.23. The predicted molar refractivity (Wildman–Crippen MR) is 154 cm³/mol. The first-order valence-electron chi connectivity index (χ1n) is 13.6.